The number of rotatable bonds is 9. The Labute approximate surface area is 103 Å². The van der Waals surface area contributed by atoms with Gasteiger partial charge in [0.25, 0.3) is 0 Å². The predicted molar refractivity (Wildman–Crippen MR) is 68.6 cm³/mol. The third kappa shape index (κ3) is 6.84. The molecule has 3 nitrogen and oxygen atoms in total. The second kappa shape index (κ2) is 8.88. The summed E-state index contributed by atoms with van der Waals surface area (Å²) < 4.78 is 10.5. The van der Waals surface area contributed by atoms with Crippen LogP contribution in [0.5, 0.6) is 11.5 Å². The fraction of sp³-hybridized carbons (Fsp3) is 0.571. The number of aromatic hydroxyl groups is 1. The fourth-order valence-corrected chi connectivity index (χ4v) is 1.61. The highest BCUT2D eigenvalue weighted by molar-refractivity contribution is 5.29. The van der Waals surface area contributed by atoms with E-state index < -0.39 is 0 Å². The smallest absolute Gasteiger partial charge is 0.119 e. The number of phenols is 1. The SMILES string of the molecule is COCCCCCCCOc1ccc(O)cc1. The minimum absolute atomic E-state index is 0.274. The van der Waals surface area contributed by atoms with Gasteiger partial charge in [-0.25, -0.2) is 0 Å². The van der Waals surface area contributed by atoms with Crippen LogP contribution in [-0.4, -0.2) is 25.4 Å². The molecule has 0 bridgehead atoms. The van der Waals surface area contributed by atoms with E-state index in [0.29, 0.717) is 0 Å². The van der Waals surface area contributed by atoms with Crippen LogP contribution in [0, 0.1) is 0 Å². The lowest BCUT2D eigenvalue weighted by molar-refractivity contribution is 0.191. The topological polar surface area (TPSA) is 38.7 Å². The van der Waals surface area contributed by atoms with Crippen LogP contribution in [0.3, 0.4) is 0 Å². The number of hydrogen-bond acceptors (Lipinski definition) is 3. The largest absolute Gasteiger partial charge is 0.508 e. The number of unbranched alkanes of at least 4 members (excludes halogenated alkanes) is 4. The van der Waals surface area contributed by atoms with Crippen molar-refractivity contribution in [3.05, 3.63) is 24.3 Å². The van der Waals surface area contributed by atoms with Crippen molar-refractivity contribution in [2.45, 2.75) is 32.1 Å². The number of methoxy groups -OCH3 is 1. The summed E-state index contributed by atoms with van der Waals surface area (Å²) in [5, 5.41) is 9.10. The van der Waals surface area contributed by atoms with Crippen molar-refractivity contribution < 1.29 is 14.6 Å². The van der Waals surface area contributed by atoms with Gasteiger partial charge in [-0.15, -0.1) is 0 Å². The number of phenolic OH excluding ortho intramolecular Hbond substituents is 1. The molecule has 0 fully saturated rings. The Bertz CT molecular complexity index is 282. The van der Waals surface area contributed by atoms with E-state index in [2.05, 4.69) is 0 Å². The second-order valence-electron chi connectivity index (χ2n) is 4.10. The molecular formula is C14H22O3. The molecule has 1 N–H and O–H groups in total. The Hall–Kier alpha value is -1.22. The summed E-state index contributed by atoms with van der Waals surface area (Å²) in [7, 11) is 1.74. The molecule has 0 heterocycles. The first-order valence-electron chi connectivity index (χ1n) is 6.23. The molecule has 0 aliphatic carbocycles. The lowest BCUT2D eigenvalue weighted by atomic mass is 10.1. The van der Waals surface area contributed by atoms with Gasteiger partial charge >= 0.3 is 0 Å². The molecule has 0 saturated heterocycles. The third-order valence-electron chi connectivity index (χ3n) is 2.60. The molecule has 17 heavy (non-hydrogen) atoms. The lowest BCUT2D eigenvalue weighted by Gasteiger charge is -2.06. The van der Waals surface area contributed by atoms with E-state index in [9.17, 15) is 0 Å². The third-order valence-corrected chi connectivity index (χ3v) is 2.60. The van der Waals surface area contributed by atoms with Gasteiger partial charge in [0.15, 0.2) is 0 Å². The molecule has 0 radical (unpaired) electrons. The van der Waals surface area contributed by atoms with Crippen LogP contribution in [0.15, 0.2) is 24.3 Å². The second-order valence-corrected chi connectivity index (χ2v) is 4.10. The van der Waals surface area contributed by atoms with Crippen LogP contribution in [-0.2, 0) is 4.74 Å². The van der Waals surface area contributed by atoms with Crippen LogP contribution in [0.2, 0.25) is 0 Å². The summed E-state index contributed by atoms with van der Waals surface area (Å²) in [6.07, 6.45) is 5.89. The molecular weight excluding hydrogens is 216 g/mol. The van der Waals surface area contributed by atoms with Crippen molar-refractivity contribution in [2.75, 3.05) is 20.3 Å². The van der Waals surface area contributed by atoms with Gasteiger partial charge in [0, 0.05) is 13.7 Å². The Kier molecular flexibility index (Phi) is 7.23. The van der Waals surface area contributed by atoms with Gasteiger partial charge in [-0.05, 0) is 37.1 Å². The highest BCUT2D eigenvalue weighted by atomic mass is 16.5. The van der Waals surface area contributed by atoms with Gasteiger partial charge in [0.1, 0.15) is 11.5 Å². The maximum atomic E-state index is 9.10. The molecule has 1 aromatic carbocycles. The molecule has 0 saturated carbocycles. The van der Waals surface area contributed by atoms with Crippen molar-refractivity contribution >= 4 is 0 Å². The zero-order valence-electron chi connectivity index (χ0n) is 10.5. The normalized spacial score (nSPS) is 10.4. The van der Waals surface area contributed by atoms with Crippen LogP contribution in [0.4, 0.5) is 0 Å². The van der Waals surface area contributed by atoms with E-state index in [1.165, 1.54) is 19.3 Å². The van der Waals surface area contributed by atoms with Gasteiger partial charge in [-0.2, -0.15) is 0 Å². The quantitative estimate of drug-likeness (QED) is 0.670. The monoisotopic (exact) mass is 238 g/mol. The Morgan fingerprint density at radius 2 is 1.47 bits per heavy atom. The maximum Gasteiger partial charge on any atom is 0.119 e. The highest BCUT2D eigenvalue weighted by Crippen LogP contribution is 2.16. The van der Waals surface area contributed by atoms with E-state index >= 15 is 0 Å². The zero-order chi connectivity index (χ0) is 12.3. The molecule has 1 rings (SSSR count). The van der Waals surface area contributed by atoms with Crippen molar-refractivity contribution in [1.29, 1.82) is 0 Å². The number of benzene rings is 1. The average molecular weight is 238 g/mol. The van der Waals surface area contributed by atoms with Crippen LogP contribution >= 0.6 is 0 Å². The van der Waals surface area contributed by atoms with Gasteiger partial charge in [-0.3, -0.25) is 0 Å². The summed E-state index contributed by atoms with van der Waals surface area (Å²) in [6.45, 7) is 1.61. The summed E-state index contributed by atoms with van der Waals surface area (Å²) in [5.74, 6) is 1.10. The minimum atomic E-state index is 0.274. The lowest BCUT2D eigenvalue weighted by Crippen LogP contribution is -1.97. The molecule has 0 unspecified atom stereocenters. The Morgan fingerprint density at radius 1 is 0.882 bits per heavy atom. The van der Waals surface area contributed by atoms with Gasteiger partial charge in [-0.1, -0.05) is 19.3 Å². The standard InChI is InChI=1S/C14H22O3/c1-16-11-5-3-2-4-6-12-17-14-9-7-13(15)8-10-14/h7-10,15H,2-6,11-12H2,1H3. The van der Waals surface area contributed by atoms with E-state index in [4.69, 9.17) is 14.6 Å². The van der Waals surface area contributed by atoms with Crippen molar-refractivity contribution in [3.63, 3.8) is 0 Å². The number of ether oxygens (including phenoxy) is 2. The molecule has 0 aromatic heterocycles. The Balaban J connectivity index is 1.95. The first-order chi connectivity index (χ1) is 8.33. The predicted octanol–water partition coefficient (Wildman–Crippen LogP) is 3.37. The molecule has 1 aromatic rings. The van der Waals surface area contributed by atoms with Gasteiger partial charge in [0.2, 0.25) is 0 Å². The van der Waals surface area contributed by atoms with Crippen LogP contribution < -0.4 is 4.74 Å². The van der Waals surface area contributed by atoms with Crippen molar-refractivity contribution in [1.82, 2.24) is 0 Å². The molecule has 3 heteroatoms. The van der Waals surface area contributed by atoms with Crippen LogP contribution in [0.1, 0.15) is 32.1 Å². The average Bonchev–Trinajstić information content (AvgIpc) is 2.35. The van der Waals surface area contributed by atoms with E-state index in [1.807, 2.05) is 0 Å². The maximum absolute atomic E-state index is 9.10. The first-order valence-corrected chi connectivity index (χ1v) is 6.23. The summed E-state index contributed by atoms with van der Waals surface area (Å²) in [4.78, 5) is 0. The molecule has 0 spiro atoms. The molecule has 96 valence electrons. The first kappa shape index (κ1) is 13.8. The van der Waals surface area contributed by atoms with Gasteiger partial charge in [0.05, 0.1) is 6.61 Å². The highest BCUT2D eigenvalue weighted by Gasteiger charge is 1.94. The van der Waals surface area contributed by atoms with E-state index in [-0.39, 0.29) is 5.75 Å². The molecule has 0 aliphatic rings. The summed E-state index contributed by atoms with van der Waals surface area (Å²) in [6, 6.07) is 6.85. The summed E-state index contributed by atoms with van der Waals surface area (Å²) in [5.41, 5.74) is 0. The number of hydrogen-bond donors (Lipinski definition) is 1. The fourth-order valence-electron chi connectivity index (χ4n) is 1.61. The minimum Gasteiger partial charge on any atom is -0.508 e. The van der Waals surface area contributed by atoms with E-state index in [1.54, 1.807) is 31.4 Å². The summed E-state index contributed by atoms with van der Waals surface area (Å²) >= 11 is 0. The van der Waals surface area contributed by atoms with Crippen molar-refractivity contribution in [2.24, 2.45) is 0 Å². The molecule has 0 atom stereocenters. The van der Waals surface area contributed by atoms with Gasteiger partial charge < -0.3 is 14.6 Å². The van der Waals surface area contributed by atoms with Crippen molar-refractivity contribution in [3.8, 4) is 11.5 Å². The van der Waals surface area contributed by atoms with E-state index in [0.717, 1.165) is 31.8 Å². The molecule has 0 aliphatic heterocycles. The zero-order valence-corrected chi connectivity index (χ0v) is 10.5. The molecule has 0 amide bonds. The van der Waals surface area contributed by atoms with Crippen LogP contribution in [0.25, 0.3) is 0 Å². The Morgan fingerprint density at radius 3 is 2.12 bits per heavy atom.